The summed E-state index contributed by atoms with van der Waals surface area (Å²) in [6.45, 7) is -0.497. The van der Waals surface area contributed by atoms with Crippen LogP contribution in [0.1, 0.15) is 11.7 Å². The van der Waals surface area contributed by atoms with Crippen molar-refractivity contribution in [1.29, 1.82) is 0 Å². The lowest BCUT2D eigenvalue weighted by Gasteiger charge is -2.29. The van der Waals surface area contributed by atoms with E-state index in [1.54, 1.807) is 12.1 Å². The van der Waals surface area contributed by atoms with Gasteiger partial charge in [-0.15, -0.1) is 0 Å². The topological polar surface area (TPSA) is 68.7 Å². The summed E-state index contributed by atoms with van der Waals surface area (Å²) in [6, 6.07) is 3.40. The maximum atomic E-state index is 12.6. The molecule has 1 aromatic heterocycles. The fourth-order valence-electron chi connectivity index (χ4n) is 1.84. The lowest BCUT2D eigenvalue weighted by molar-refractivity contribution is -0.159. The fourth-order valence-corrected chi connectivity index (χ4v) is 1.84. The molecule has 0 spiro atoms. The van der Waals surface area contributed by atoms with Gasteiger partial charge in [0.05, 0.1) is 12.2 Å². The van der Waals surface area contributed by atoms with Gasteiger partial charge in [0.1, 0.15) is 6.04 Å². The van der Waals surface area contributed by atoms with Crippen molar-refractivity contribution >= 4 is 19.1 Å². The number of aromatic nitrogens is 1. The van der Waals surface area contributed by atoms with E-state index in [0.29, 0.717) is 0 Å². The molecule has 0 radical (unpaired) electrons. The average Bonchev–Trinajstić information content (AvgIpc) is 2.36. The number of hydrogen-bond acceptors (Lipinski definition) is 6. The highest BCUT2D eigenvalue weighted by molar-refractivity contribution is 6.51. The van der Waals surface area contributed by atoms with E-state index in [-0.39, 0.29) is 5.69 Å². The minimum absolute atomic E-state index is 0.181. The molecular formula is C11H10BF3N2O4. The highest BCUT2D eigenvalue weighted by Crippen LogP contribution is 2.27. The first-order chi connectivity index (χ1) is 9.79. The molecule has 0 bridgehead atoms. The van der Waals surface area contributed by atoms with Gasteiger partial charge in [0.15, 0.2) is 0 Å². The number of likely N-dealkylation sites (N-methyl/N-ethyl adjacent to an activating group) is 1. The van der Waals surface area contributed by atoms with Crippen LogP contribution in [0.15, 0.2) is 24.4 Å². The van der Waals surface area contributed by atoms with Crippen LogP contribution in [0.25, 0.3) is 0 Å². The summed E-state index contributed by atoms with van der Waals surface area (Å²) in [7, 11) is -1.52. The molecule has 1 aliphatic heterocycles. The standard InChI is InChI=1S/C11H10BF3N2O4/c1-17-6-8(18)20-12(11(13,14)15)21-10(19)9(17)7-4-2-3-5-16-7/h2-5,9H,6H2,1H3. The number of carbonyl (C=O) groups excluding carboxylic acids is 2. The first-order valence-electron chi connectivity index (χ1n) is 5.87. The van der Waals surface area contributed by atoms with Gasteiger partial charge in [0, 0.05) is 6.20 Å². The molecule has 0 aliphatic carbocycles. The number of alkyl halides is 3. The van der Waals surface area contributed by atoms with Gasteiger partial charge in [0.25, 0.3) is 0 Å². The first-order valence-corrected chi connectivity index (χ1v) is 5.87. The largest absolute Gasteiger partial charge is 0.713 e. The second-order valence-electron chi connectivity index (χ2n) is 4.37. The van der Waals surface area contributed by atoms with E-state index in [1.807, 2.05) is 0 Å². The van der Waals surface area contributed by atoms with Crippen molar-refractivity contribution in [1.82, 2.24) is 9.88 Å². The summed E-state index contributed by atoms with van der Waals surface area (Å²) in [5, 5.41) is 0. The van der Waals surface area contributed by atoms with E-state index in [0.717, 1.165) is 0 Å². The molecular weight excluding hydrogens is 292 g/mol. The minimum Gasteiger partial charge on any atom is -0.492 e. The summed E-state index contributed by atoms with van der Waals surface area (Å²) >= 11 is 0. The van der Waals surface area contributed by atoms with Gasteiger partial charge in [-0.05, 0) is 19.2 Å². The Morgan fingerprint density at radius 1 is 1.33 bits per heavy atom. The lowest BCUT2D eigenvalue weighted by Crippen LogP contribution is -2.50. The second-order valence-corrected chi connectivity index (χ2v) is 4.37. The van der Waals surface area contributed by atoms with Crippen molar-refractivity contribution in [2.24, 2.45) is 0 Å². The predicted molar refractivity (Wildman–Crippen MR) is 63.6 cm³/mol. The van der Waals surface area contributed by atoms with E-state index in [9.17, 15) is 22.8 Å². The Morgan fingerprint density at radius 3 is 2.62 bits per heavy atom. The van der Waals surface area contributed by atoms with Gasteiger partial charge in [0.2, 0.25) is 0 Å². The zero-order chi connectivity index (χ0) is 15.6. The van der Waals surface area contributed by atoms with Crippen LogP contribution in [-0.4, -0.2) is 48.6 Å². The van der Waals surface area contributed by atoms with Gasteiger partial charge in [-0.2, -0.15) is 13.2 Å². The van der Waals surface area contributed by atoms with Gasteiger partial charge in [-0.3, -0.25) is 19.5 Å². The zero-order valence-corrected chi connectivity index (χ0v) is 10.8. The van der Waals surface area contributed by atoms with Gasteiger partial charge >= 0.3 is 25.1 Å². The third-order valence-electron chi connectivity index (χ3n) is 2.74. The Kier molecular flexibility index (Phi) is 4.17. The molecule has 6 nitrogen and oxygen atoms in total. The lowest BCUT2D eigenvalue weighted by atomic mass is 9.88. The summed E-state index contributed by atoms with van der Waals surface area (Å²) in [6.07, 6.45) is -3.61. The summed E-state index contributed by atoms with van der Waals surface area (Å²) in [5.74, 6) is -2.33. The SMILES string of the molecule is CN1CC(=O)OB(C(F)(F)F)OC(=O)C1c1ccccn1. The molecule has 0 aromatic carbocycles. The number of rotatable bonds is 1. The van der Waals surface area contributed by atoms with Gasteiger partial charge in [-0.25, -0.2) is 0 Å². The van der Waals surface area contributed by atoms with Crippen LogP contribution < -0.4 is 0 Å². The second kappa shape index (κ2) is 5.72. The summed E-state index contributed by atoms with van der Waals surface area (Å²) in [4.78, 5) is 28.5. The molecule has 1 aromatic rings. The van der Waals surface area contributed by atoms with Crippen LogP contribution in [0.4, 0.5) is 13.2 Å². The Balaban J connectivity index is 2.32. The number of carbonyl (C=O) groups is 2. The van der Waals surface area contributed by atoms with E-state index in [1.165, 1.54) is 24.2 Å². The van der Waals surface area contributed by atoms with Gasteiger partial charge in [-0.1, -0.05) is 6.07 Å². The molecule has 10 heteroatoms. The van der Waals surface area contributed by atoms with Crippen molar-refractivity contribution in [2.45, 2.75) is 12.1 Å². The molecule has 0 amide bonds. The van der Waals surface area contributed by atoms with E-state index in [2.05, 4.69) is 14.3 Å². The first kappa shape index (κ1) is 15.3. The zero-order valence-electron chi connectivity index (χ0n) is 10.8. The Morgan fingerprint density at radius 2 is 2.05 bits per heavy atom. The monoisotopic (exact) mass is 302 g/mol. The quantitative estimate of drug-likeness (QED) is 0.713. The molecule has 1 unspecified atom stereocenters. The third kappa shape index (κ3) is 3.51. The predicted octanol–water partition coefficient (Wildman–Crippen LogP) is 0.744. The molecule has 1 saturated heterocycles. The normalized spacial score (nSPS) is 21.3. The number of halogens is 3. The van der Waals surface area contributed by atoms with Crippen LogP contribution in [0.2, 0.25) is 0 Å². The highest BCUT2D eigenvalue weighted by atomic mass is 19.4. The average molecular weight is 302 g/mol. The molecule has 21 heavy (non-hydrogen) atoms. The Hall–Kier alpha value is -2.10. The summed E-state index contributed by atoms with van der Waals surface area (Å²) in [5.41, 5.74) is 0.181. The van der Waals surface area contributed by atoms with Crippen LogP contribution >= 0.6 is 0 Å². The molecule has 1 aliphatic rings. The minimum atomic E-state index is -4.99. The maximum absolute atomic E-state index is 12.6. The van der Waals surface area contributed by atoms with Crippen LogP contribution in [0, 0.1) is 0 Å². The van der Waals surface area contributed by atoms with Crippen LogP contribution in [-0.2, 0) is 18.9 Å². The Labute approximate surface area is 118 Å². The van der Waals surface area contributed by atoms with E-state index < -0.39 is 37.7 Å². The Bertz CT molecular complexity index is 540. The molecule has 1 fully saturated rings. The van der Waals surface area contributed by atoms with Gasteiger partial charge < -0.3 is 9.31 Å². The van der Waals surface area contributed by atoms with E-state index >= 15 is 0 Å². The molecule has 1 atom stereocenters. The fraction of sp³-hybridized carbons (Fsp3) is 0.364. The molecule has 2 heterocycles. The number of pyridine rings is 1. The van der Waals surface area contributed by atoms with Crippen molar-refractivity contribution in [3.05, 3.63) is 30.1 Å². The van der Waals surface area contributed by atoms with E-state index in [4.69, 9.17) is 0 Å². The van der Waals surface area contributed by atoms with Crippen LogP contribution in [0.3, 0.4) is 0 Å². The summed E-state index contributed by atoms with van der Waals surface area (Å²) < 4.78 is 46.3. The molecule has 2 rings (SSSR count). The maximum Gasteiger partial charge on any atom is 0.713 e. The third-order valence-corrected chi connectivity index (χ3v) is 2.74. The molecule has 0 saturated carbocycles. The number of nitrogens with zero attached hydrogens (tertiary/aromatic N) is 2. The smallest absolute Gasteiger partial charge is 0.492 e. The molecule has 0 N–H and O–H groups in total. The molecule has 112 valence electrons. The van der Waals surface area contributed by atoms with Crippen molar-refractivity contribution in [3.63, 3.8) is 0 Å². The number of hydrogen-bond donors (Lipinski definition) is 0. The van der Waals surface area contributed by atoms with Crippen molar-refractivity contribution in [2.75, 3.05) is 13.6 Å². The van der Waals surface area contributed by atoms with Crippen molar-refractivity contribution in [3.8, 4) is 0 Å². The highest BCUT2D eigenvalue weighted by Gasteiger charge is 2.57. The van der Waals surface area contributed by atoms with Crippen LogP contribution in [0.5, 0.6) is 0 Å². The van der Waals surface area contributed by atoms with Crippen molar-refractivity contribution < 1.29 is 32.1 Å².